The summed E-state index contributed by atoms with van der Waals surface area (Å²) in [5.74, 6) is 1.86. The minimum atomic E-state index is -0.471. The molecule has 198 valence electrons. The van der Waals surface area contributed by atoms with Gasteiger partial charge in [-0.25, -0.2) is 4.98 Å². The van der Waals surface area contributed by atoms with Gasteiger partial charge in [-0.2, -0.15) is 10.1 Å². The Morgan fingerprint density at radius 1 is 0.974 bits per heavy atom. The Morgan fingerprint density at radius 2 is 1.82 bits per heavy atom. The minimum absolute atomic E-state index is 0.445. The molecule has 0 saturated heterocycles. The maximum absolute atomic E-state index is 6.11. The number of rotatable bonds is 6. The van der Waals surface area contributed by atoms with E-state index in [-0.39, 0.29) is 0 Å². The van der Waals surface area contributed by atoms with E-state index in [0.717, 1.165) is 61.3 Å². The smallest absolute Gasteiger partial charge is 0.229 e. The number of ether oxygens (including phenoxy) is 1. The molecule has 0 radical (unpaired) electrons. The molecule has 12 heteroatoms. The summed E-state index contributed by atoms with van der Waals surface area (Å²) in [6.07, 6.45) is 9.04. The first kappa shape index (κ1) is 25.5. The van der Waals surface area contributed by atoms with E-state index >= 15 is 0 Å². The van der Waals surface area contributed by atoms with Gasteiger partial charge in [0.2, 0.25) is 5.95 Å². The van der Waals surface area contributed by atoms with Gasteiger partial charge in [-0.1, -0.05) is 7.92 Å². The monoisotopic (exact) mass is 603 g/mol. The SMILES string of the molecule is CN1CCOc2c(Nc3ncc(Br)c(Nc4ccc5nccnc5c4P(C)C)n3)cc(-c3cnn(C)c3)cc21. The van der Waals surface area contributed by atoms with Crippen molar-refractivity contribution in [3.63, 3.8) is 0 Å². The van der Waals surface area contributed by atoms with Crippen LogP contribution < -0.4 is 25.6 Å². The van der Waals surface area contributed by atoms with Gasteiger partial charge in [0.25, 0.3) is 0 Å². The Morgan fingerprint density at radius 3 is 2.62 bits per heavy atom. The number of likely N-dealkylation sites (N-methyl/N-ethyl adjacent to an activating group) is 1. The summed E-state index contributed by atoms with van der Waals surface area (Å²) >= 11 is 3.62. The van der Waals surface area contributed by atoms with Gasteiger partial charge in [0.1, 0.15) is 12.4 Å². The molecule has 4 heterocycles. The van der Waals surface area contributed by atoms with Crippen molar-refractivity contribution in [3.8, 4) is 16.9 Å². The Bertz CT molecular complexity index is 1690. The first-order valence-corrected chi connectivity index (χ1v) is 15.4. The molecule has 5 aromatic rings. The highest BCUT2D eigenvalue weighted by Crippen LogP contribution is 2.43. The molecule has 0 saturated carbocycles. The molecular weight excluding hydrogens is 577 g/mol. The van der Waals surface area contributed by atoms with Crippen LogP contribution >= 0.6 is 23.9 Å². The molecule has 0 atom stereocenters. The lowest BCUT2D eigenvalue weighted by molar-refractivity contribution is 0.313. The number of hydrogen-bond donors (Lipinski definition) is 2. The van der Waals surface area contributed by atoms with Crippen molar-refractivity contribution >= 4 is 69.0 Å². The maximum atomic E-state index is 6.11. The van der Waals surface area contributed by atoms with Gasteiger partial charge in [-0.3, -0.25) is 14.6 Å². The topological polar surface area (TPSA) is 106 Å². The number of aryl methyl sites for hydroxylation is 1. The van der Waals surface area contributed by atoms with Gasteiger partial charge in [0, 0.05) is 55.4 Å². The Hall–Kier alpha value is -3.82. The summed E-state index contributed by atoms with van der Waals surface area (Å²) in [5.41, 5.74) is 6.57. The fourth-order valence-electron chi connectivity index (χ4n) is 4.62. The molecule has 39 heavy (non-hydrogen) atoms. The summed E-state index contributed by atoms with van der Waals surface area (Å²) in [5, 5.41) is 12.4. The van der Waals surface area contributed by atoms with Gasteiger partial charge in [0.15, 0.2) is 5.75 Å². The van der Waals surface area contributed by atoms with Crippen molar-refractivity contribution in [1.29, 1.82) is 0 Å². The molecule has 0 bridgehead atoms. The summed E-state index contributed by atoms with van der Waals surface area (Å²) in [4.78, 5) is 20.7. The second-order valence-electron chi connectivity index (χ2n) is 9.47. The molecule has 0 unspecified atom stereocenters. The first-order valence-electron chi connectivity index (χ1n) is 12.4. The summed E-state index contributed by atoms with van der Waals surface area (Å²) in [7, 11) is 3.51. The molecular formula is C27H27BrN9OP. The molecule has 1 aliphatic rings. The van der Waals surface area contributed by atoms with E-state index in [2.05, 4.69) is 84.0 Å². The third-order valence-corrected chi connectivity index (χ3v) is 8.42. The summed E-state index contributed by atoms with van der Waals surface area (Å²) in [6.45, 7) is 5.83. The number of benzene rings is 2. The van der Waals surface area contributed by atoms with Crippen LogP contribution in [0.5, 0.6) is 5.75 Å². The van der Waals surface area contributed by atoms with Crippen molar-refractivity contribution in [2.75, 3.05) is 49.1 Å². The van der Waals surface area contributed by atoms with E-state index in [1.165, 1.54) is 0 Å². The van der Waals surface area contributed by atoms with Gasteiger partial charge in [0.05, 0.1) is 39.6 Å². The van der Waals surface area contributed by atoms with Gasteiger partial charge in [-0.05, 0) is 59.1 Å². The van der Waals surface area contributed by atoms with E-state index < -0.39 is 7.92 Å². The average Bonchev–Trinajstić information content (AvgIpc) is 3.37. The second-order valence-corrected chi connectivity index (χ2v) is 12.6. The van der Waals surface area contributed by atoms with Gasteiger partial charge < -0.3 is 20.3 Å². The first-order chi connectivity index (χ1) is 18.9. The molecule has 3 aromatic heterocycles. The van der Waals surface area contributed by atoms with Crippen LogP contribution in [0.2, 0.25) is 0 Å². The summed E-state index contributed by atoms with van der Waals surface area (Å²) in [6, 6.07) is 8.19. The van der Waals surface area contributed by atoms with Crippen LogP contribution in [0.3, 0.4) is 0 Å². The van der Waals surface area contributed by atoms with Crippen LogP contribution in [0, 0.1) is 0 Å². The number of fused-ring (bicyclic) bond motifs is 2. The highest BCUT2D eigenvalue weighted by molar-refractivity contribution is 9.10. The van der Waals surface area contributed by atoms with Crippen LogP contribution in [0.25, 0.3) is 22.2 Å². The van der Waals surface area contributed by atoms with Crippen molar-refractivity contribution < 1.29 is 4.74 Å². The van der Waals surface area contributed by atoms with Crippen LogP contribution in [-0.4, -0.2) is 63.2 Å². The van der Waals surface area contributed by atoms with Crippen LogP contribution in [-0.2, 0) is 7.05 Å². The standard InChI is InChI=1S/C27H27BrN9OP/c1-36-9-10-38-24-21(11-16(12-22(24)36)17-13-32-37(2)15-17)34-27-31-14-18(28)26(35-27)33-20-6-5-19-23(25(20)39(3)4)30-8-7-29-19/h5-8,11-15H,9-10H2,1-4H3,(H2,31,33,34,35). The largest absolute Gasteiger partial charge is 0.487 e. The van der Waals surface area contributed by atoms with E-state index in [1.54, 1.807) is 23.3 Å². The van der Waals surface area contributed by atoms with Gasteiger partial charge in [-0.15, -0.1) is 0 Å². The van der Waals surface area contributed by atoms with E-state index in [4.69, 9.17) is 9.72 Å². The molecule has 6 rings (SSSR count). The zero-order chi connectivity index (χ0) is 27.1. The van der Waals surface area contributed by atoms with Crippen molar-refractivity contribution in [1.82, 2.24) is 29.7 Å². The number of nitrogens with one attached hydrogen (secondary N) is 2. The lowest BCUT2D eigenvalue weighted by Crippen LogP contribution is -2.29. The molecule has 10 nitrogen and oxygen atoms in total. The number of halogens is 1. The normalized spacial score (nSPS) is 12.9. The molecule has 0 spiro atoms. The number of nitrogens with zero attached hydrogens (tertiary/aromatic N) is 7. The zero-order valence-corrected chi connectivity index (χ0v) is 24.5. The predicted octanol–water partition coefficient (Wildman–Crippen LogP) is 5.27. The highest BCUT2D eigenvalue weighted by Gasteiger charge is 2.22. The number of aromatic nitrogens is 6. The van der Waals surface area contributed by atoms with E-state index in [0.29, 0.717) is 18.4 Å². The third kappa shape index (κ3) is 4.99. The molecule has 0 fully saturated rings. The lowest BCUT2D eigenvalue weighted by Gasteiger charge is -2.30. The maximum Gasteiger partial charge on any atom is 0.229 e. The average molecular weight is 604 g/mol. The van der Waals surface area contributed by atoms with E-state index in [1.807, 2.05) is 31.6 Å². The van der Waals surface area contributed by atoms with E-state index in [9.17, 15) is 0 Å². The van der Waals surface area contributed by atoms with Crippen molar-refractivity contribution in [2.24, 2.45) is 7.05 Å². The minimum Gasteiger partial charge on any atom is -0.487 e. The van der Waals surface area contributed by atoms with Crippen LogP contribution in [0.15, 0.2) is 59.7 Å². The molecule has 2 N–H and O–H groups in total. The number of anilines is 5. The Balaban J connectivity index is 1.38. The predicted molar refractivity (Wildman–Crippen MR) is 162 cm³/mol. The van der Waals surface area contributed by atoms with Crippen LogP contribution in [0.4, 0.5) is 28.8 Å². The second kappa shape index (κ2) is 10.4. The van der Waals surface area contributed by atoms with Crippen molar-refractivity contribution in [2.45, 2.75) is 0 Å². The molecule has 0 aliphatic carbocycles. The highest BCUT2D eigenvalue weighted by atomic mass is 79.9. The molecule has 1 aliphatic heterocycles. The molecule has 0 amide bonds. The van der Waals surface area contributed by atoms with Crippen LogP contribution in [0.1, 0.15) is 0 Å². The summed E-state index contributed by atoms with van der Waals surface area (Å²) < 4.78 is 8.65. The molecule has 2 aromatic carbocycles. The zero-order valence-electron chi connectivity index (χ0n) is 22.0. The fourth-order valence-corrected chi connectivity index (χ4v) is 6.12. The quantitative estimate of drug-likeness (QED) is 0.251. The lowest BCUT2D eigenvalue weighted by atomic mass is 10.1. The third-order valence-electron chi connectivity index (χ3n) is 6.50. The Labute approximate surface area is 235 Å². The fraction of sp³-hybridized carbons (Fsp3) is 0.222. The number of hydrogen-bond acceptors (Lipinski definition) is 9. The van der Waals surface area contributed by atoms with Gasteiger partial charge >= 0.3 is 0 Å². The Kier molecular flexibility index (Phi) is 6.78. The van der Waals surface area contributed by atoms with Crippen molar-refractivity contribution in [3.05, 3.63) is 59.7 Å².